The van der Waals surface area contributed by atoms with E-state index in [4.69, 9.17) is 19.3 Å². The monoisotopic (exact) mass is 488 g/mol. The molecule has 0 aliphatic carbocycles. The first-order valence-corrected chi connectivity index (χ1v) is 11.8. The summed E-state index contributed by atoms with van der Waals surface area (Å²) in [4.78, 5) is 27.5. The fourth-order valence-electron chi connectivity index (χ4n) is 4.07. The van der Waals surface area contributed by atoms with Crippen LogP contribution < -0.4 is 9.47 Å². The topological polar surface area (TPSA) is 99.9 Å². The maximum absolute atomic E-state index is 12.3. The van der Waals surface area contributed by atoms with Crippen LogP contribution >= 0.6 is 0 Å². The van der Waals surface area contributed by atoms with Gasteiger partial charge in [0.25, 0.3) is 0 Å². The zero-order valence-electron chi connectivity index (χ0n) is 20.3. The first kappa shape index (κ1) is 24.8. The number of hydrogen-bond donors (Lipinski definition) is 1. The number of aliphatic carboxylic acids is 1. The zero-order chi connectivity index (χ0) is 25.5. The van der Waals surface area contributed by atoms with Crippen molar-refractivity contribution in [3.63, 3.8) is 0 Å². The predicted octanol–water partition coefficient (Wildman–Crippen LogP) is 5.84. The van der Waals surface area contributed by atoms with Gasteiger partial charge >= 0.3 is 12.1 Å². The molecule has 4 rings (SSSR count). The Kier molecular flexibility index (Phi) is 7.85. The number of ether oxygens (including phenoxy) is 3. The molecule has 2 heterocycles. The van der Waals surface area contributed by atoms with Crippen LogP contribution in [0.25, 0.3) is 22.0 Å². The Morgan fingerprint density at radius 1 is 1.08 bits per heavy atom. The minimum Gasteiger partial charge on any atom is -0.493 e. The van der Waals surface area contributed by atoms with Gasteiger partial charge in [0.1, 0.15) is 5.75 Å². The molecule has 0 aliphatic rings. The van der Waals surface area contributed by atoms with Gasteiger partial charge in [-0.15, -0.1) is 0 Å². The third-order valence-electron chi connectivity index (χ3n) is 5.76. The summed E-state index contributed by atoms with van der Waals surface area (Å²) < 4.78 is 18.8. The molecule has 0 spiro atoms. The van der Waals surface area contributed by atoms with Crippen LogP contribution in [0.3, 0.4) is 0 Å². The predicted molar refractivity (Wildman–Crippen MR) is 135 cm³/mol. The van der Waals surface area contributed by atoms with Gasteiger partial charge in [-0.1, -0.05) is 36.4 Å². The number of fused-ring (bicyclic) bond motifs is 1. The number of benzene rings is 2. The van der Waals surface area contributed by atoms with Gasteiger partial charge < -0.3 is 23.9 Å². The van der Waals surface area contributed by atoms with E-state index < -0.39 is 12.1 Å². The molecule has 2 aromatic heterocycles. The molecule has 8 heteroatoms. The normalized spacial score (nSPS) is 10.8. The van der Waals surface area contributed by atoms with E-state index in [0.29, 0.717) is 29.9 Å². The van der Waals surface area contributed by atoms with Crippen LogP contribution in [0.15, 0.2) is 67.0 Å². The molecular formula is C28H28N2O6. The van der Waals surface area contributed by atoms with E-state index in [2.05, 4.69) is 9.55 Å². The molecule has 0 saturated carbocycles. The molecule has 0 aliphatic heterocycles. The highest BCUT2D eigenvalue weighted by molar-refractivity contribution is 5.95. The number of rotatable bonds is 10. The number of nitrogens with zero attached hydrogens (tertiary/aromatic N) is 2. The van der Waals surface area contributed by atoms with Crippen molar-refractivity contribution in [3.8, 4) is 22.6 Å². The second-order valence-electron chi connectivity index (χ2n) is 8.22. The molecule has 0 amide bonds. The SMILES string of the molecule is CCOC(=O)Oc1c(C)n(Cc2ccccc2)c2cc(-c3cccnc3)c(OCCCC(=O)O)cc12. The summed E-state index contributed by atoms with van der Waals surface area (Å²) in [6.45, 7) is 4.61. The Bertz CT molecular complexity index is 1350. The molecule has 186 valence electrons. The van der Waals surface area contributed by atoms with Crippen molar-refractivity contribution in [1.29, 1.82) is 0 Å². The summed E-state index contributed by atoms with van der Waals surface area (Å²) in [6, 6.07) is 17.6. The summed E-state index contributed by atoms with van der Waals surface area (Å²) in [6.07, 6.45) is 3.04. The summed E-state index contributed by atoms with van der Waals surface area (Å²) in [5, 5.41) is 9.67. The van der Waals surface area contributed by atoms with Crippen molar-refractivity contribution in [2.24, 2.45) is 0 Å². The van der Waals surface area contributed by atoms with Gasteiger partial charge in [-0.2, -0.15) is 0 Å². The van der Waals surface area contributed by atoms with Gasteiger partial charge in [0, 0.05) is 41.9 Å². The number of carboxylic acid groups (broad SMARTS) is 1. The number of pyridine rings is 1. The third kappa shape index (κ3) is 5.66. The Labute approximate surface area is 209 Å². The van der Waals surface area contributed by atoms with Gasteiger partial charge in [-0.3, -0.25) is 9.78 Å². The third-order valence-corrected chi connectivity index (χ3v) is 5.76. The Hall–Kier alpha value is -4.33. The first-order valence-electron chi connectivity index (χ1n) is 11.8. The highest BCUT2D eigenvalue weighted by Crippen LogP contribution is 2.41. The van der Waals surface area contributed by atoms with Gasteiger partial charge in [0.15, 0.2) is 5.75 Å². The van der Waals surface area contributed by atoms with E-state index in [1.165, 1.54) is 0 Å². The van der Waals surface area contributed by atoms with Crippen LogP contribution in [-0.2, 0) is 16.1 Å². The smallest absolute Gasteiger partial charge is 0.493 e. The van der Waals surface area contributed by atoms with E-state index in [0.717, 1.165) is 27.9 Å². The van der Waals surface area contributed by atoms with Crippen LogP contribution in [0, 0.1) is 6.92 Å². The standard InChI is InChI=1S/C28H28N2O6/c1-3-34-28(33)36-27-19(2)30(18-20-9-5-4-6-10-20)24-15-22(21-11-7-13-29-17-21)25(16-23(24)27)35-14-8-12-26(31)32/h4-7,9-11,13,15-17H,3,8,12,14,18H2,1-2H3,(H,31,32). The molecule has 8 nitrogen and oxygen atoms in total. The minimum atomic E-state index is -0.875. The highest BCUT2D eigenvalue weighted by atomic mass is 16.7. The zero-order valence-corrected chi connectivity index (χ0v) is 20.3. The second kappa shape index (κ2) is 11.4. The van der Waals surface area contributed by atoms with Crippen molar-refractivity contribution < 1.29 is 28.9 Å². The van der Waals surface area contributed by atoms with Crippen LogP contribution in [0.4, 0.5) is 4.79 Å². The molecule has 0 unspecified atom stereocenters. The van der Waals surface area contributed by atoms with Crippen molar-refractivity contribution in [3.05, 3.63) is 78.2 Å². The van der Waals surface area contributed by atoms with Crippen LogP contribution in [0.1, 0.15) is 31.0 Å². The number of carboxylic acids is 1. The van der Waals surface area contributed by atoms with E-state index in [1.807, 2.05) is 61.5 Å². The Morgan fingerprint density at radius 3 is 2.58 bits per heavy atom. The lowest BCUT2D eigenvalue weighted by atomic mass is 10.0. The minimum absolute atomic E-state index is 0.00818. The molecule has 36 heavy (non-hydrogen) atoms. The van der Waals surface area contributed by atoms with Crippen molar-refractivity contribution in [2.75, 3.05) is 13.2 Å². The maximum Gasteiger partial charge on any atom is 0.513 e. The molecule has 0 bridgehead atoms. The molecule has 0 saturated heterocycles. The lowest BCUT2D eigenvalue weighted by molar-refractivity contribution is -0.137. The average molecular weight is 489 g/mol. The lowest BCUT2D eigenvalue weighted by Gasteiger charge is -2.14. The molecule has 1 N–H and O–H groups in total. The van der Waals surface area contributed by atoms with Crippen LogP contribution in [-0.4, -0.2) is 40.0 Å². The van der Waals surface area contributed by atoms with Crippen molar-refractivity contribution in [1.82, 2.24) is 9.55 Å². The molecule has 0 radical (unpaired) electrons. The average Bonchev–Trinajstić information content (AvgIpc) is 3.12. The van der Waals surface area contributed by atoms with Gasteiger partial charge in [-0.25, -0.2) is 4.79 Å². The van der Waals surface area contributed by atoms with Gasteiger partial charge in [0.05, 0.1) is 24.4 Å². The molecule has 2 aromatic carbocycles. The van der Waals surface area contributed by atoms with Gasteiger partial charge in [-0.05, 0) is 44.0 Å². The van der Waals surface area contributed by atoms with E-state index in [9.17, 15) is 9.59 Å². The Balaban J connectivity index is 1.86. The van der Waals surface area contributed by atoms with E-state index >= 15 is 0 Å². The molecule has 0 fully saturated rings. The largest absolute Gasteiger partial charge is 0.513 e. The van der Waals surface area contributed by atoms with Crippen molar-refractivity contribution >= 4 is 23.0 Å². The summed E-state index contributed by atoms with van der Waals surface area (Å²) in [7, 11) is 0. The van der Waals surface area contributed by atoms with E-state index in [-0.39, 0.29) is 19.6 Å². The molecule has 4 aromatic rings. The fourth-order valence-corrected chi connectivity index (χ4v) is 4.07. The number of hydrogen-bond acceptors (Lipinski definition) is 6. The lowest BCUT2D eigenvalue weighted by Crippen LogP contribution is -2.11. The number of carbonyl (C=O) groups excluding carboxylic acids is 1. The van der Waals surface area contributed by atoms with Crippen molar-refractivity contribution in [2.45, 2.75) is 33.2 Å². The summed E-state index contributed by atoms with van der Waals surface area (Å²) in [5.74, 6) is 0.0687. The number of carbonyl (C=O) groups is 2. The highest BCUT2D eigenvalue weighted by Gasteiger charge is 2.22. The maximum atomic E-state index is 12.3. The fraction of sp³-hybridized carbons (Fsp3) is 0.250. The quantitative estimate of drug-likeness (QED) is 0.221. The first-order chi connectivity index (χ1) is 17.5. The summed E-state index contributed by atoms with van der Waals surface area (Å²) in [5.41, 5.74) is 4.37. The number of aromatic nitrogens is 2. The van der Waals surface area contributed by atoms with Crippen LogP contribution in [0.5, 0.6) is 11.5 Å². The Morgan fingerprint density at radius 2 is 1.89 bits per heavy atom. The van der Waals surface area contributed by atoms with Crippen LogP contribution in [0.2, 0.25) is 0 Å². The second-order valence-corrected chi connectivity index (χ2v) is 8.22. The summed E-state index contributed by atoms with van der Waals surface area (Å²) >= 11 is 0. The van der Waals surface area contributed by atoms with Gasteiger partial charge in [0.2, 0.25) is 0 Å². The molecule has 0 atom stereocenters. The molecular weight excluding hydrogens is 460 g/mol. The van der Waals surface area contributed by atoms with E-state index in [1.54, 1.807) is 19.3 Å².